The molecule has 1 saturated heterocycles. The van der Waals surface area contributed by atoms with E-state index in [4.69, 9.17) is 11.6 Å². The van der Waals surface area contributed by atoms with Gasteiger partial charge in [0, 0.05) is 36.7 Å². The van der Waals surface area contributed by atoms with Crippen molar-refractivity contribution in [3.8, 4) is 0 Å². The van der Waals surface area contributed by atoms with Crippen LogP contribution >= 0.6 is 11.6 Å². The maximum Gasteiger partial charge on any atom is 0.0406 e. The van der Waals surface area contributed by atoms with E-state index in [2.05, 4.69) is 36.2 Å². The van der Waals surface area contributed by atoms with Crippen LogP contribution in [0.2, 0.25) is 5.02 Å². The standard InChI is InChI=1S/C14H21ClN2/c1-11(2)16-14-7-8-17(10-14)9-12-3-5-13(15)6-4-12/h3-6,11,14,16H,7-10H2,1-2H3. The summed E-state index contributed by atoms with van der Waals surface area (Å²) < 4.78 is 0. The first kappa shape index (κ1) is 12.9. The monoisotopic (exact) mass is 252 g/mol. The van der Waals surface area contributed by atoms with Crippen LogP contribution in [0.1, 0.15) is 25.8 Å². The van der Waals surface area contributed by atoms with E-state index in [0.717, 1.165) is 18.1 Å². The summed E-state index contributed by atoms with van der Waals surface area (Å²) in [5.41, 5.74) is 1.35. The van der Waals surface area contributed by atoms with Crippen molar-refractivity contribution >= 4 is 11.6 Å². The molecule has 3 heteroatoms. The van der Waals surface area contributed by atoms with Gasteiger partial charge in [-0.3, -0.25) is 4.90 Å². The number of hydrogen-bond acceptors (Lipinski definition) is 2. The van der Waals surface area contributed by atoms with E-state index >= 15 is 0 Å². The second kappa shape index (κ2) is 5.85. The predicted molar refractivity (Wildman–Crippen MR) is 73.4 cm³/mol. The van der Waals surface area contributed by atoms with E-state index in [1.807, 2.05) is 12.1 Å². The molecule has 2 nitrogen and oxygen atoms in total. The number of likely N-dealkylation sites (tertiary alicyclic amines) is 1. The fourth-order valence-corrected chi connectivity index (χ4v) is 2.56. The quantitative estimate of drug-likeness (QED) is 0.887. The van der Waals surface area contributed by atoms with Crippen molar-refractivity contribution in [2.45, 2.75) is 38.9 Å². The lowest BCUT2D eigenvalue weighted by Crippen LogP contribution is -2.36. The van der Waals surface area contributed by atoms with E-state index in [1.165, 1.54) is 18.5 Å². The second-order valence-corrected chi connectivity index (χ2v) is 5.60. The van der Waals surface area contributed by atoms with Crippen LogP contribution in [0.15, 0.2) is 24.3 Å². The molecule has 1 N–H and O–H groups in total. The zero-order valence-electron chi connectivity index (χ0n) is 10.6. The average molecular weight is 253 g/mol. The van der Waals surface area contributed by atoms with E-state index in [0.29, 0.717) is 12.1 Å². The molecule has 0 bridgehead atoms. The van der Waals surface area contributed by atoms with Crippen LogP contribution in [0, 0.1) is 0 Å². The van der Waals surface area contributed by atoms with E-state index in [-0.39, 0.29) is 0 Å². The van der Waals surface area contributed by atoms with Crippen molar-refractivity contribution in [1.29, 1.82) is 0 Å². The molecule has 94 valence electrons. The molecule has 2 rings (SSSR count). The van der Waals surface area contributed by atoms with Gasteiger partial charge in [0.25, 0.3) is 0 Å². The second-order valence-electron chi connectivity index (χ2n) is 5.17. The Hall–Kier alpha value is -0.570. The number of benzene rings is 1. The Morgan fingerprint density at radius 2 is 2.06 bits per heavy atom. The third kappa shape index (κ3) is 3.98. The van der Waals surface area contributed by atoms with Gasteiger partial charge in [-0.1, -0.05) is 37.6 Å². The Morgan fingerprint density at radius 3 is 2.71 bits per heavy atom. The molecule has 1 heterocycles. The lowest BCUT2D eigenvalue weighted by atomic mass is 10.2. The van der Waals surface area contributed by atoms with Gasteiger partial charge in [0.15, 0.2) is 0 Å². The maximum absolute atomic E-state index is 5.89. The highest BCUT2D eigenvalue weighted by Crippen LogP contribution is 2.16. The van der Waals surface area contributed by atoms with Gasteiger partial charge in [0.2, 0.25) is 0 Å². The van der Waals surface area contributed by atoms with Crippen LogP contribution in [0.5, 0.6) is 0 Å². The van der Waals surface area contributed by atoms with Crippen LogP contribution in [0.25, 0.3) is 0 Å². The highest BCUT2D eigenvalue weighted by atomic mass is 35.5. The molecule has 0 radical (unpaired) electrons. The summed E-state index contributed by atoms with van der Waals surface area (Å²) >= 11 is 5.89. The molecule has 1 atom stereocenters. The third-order valence-electron chi connectivity index (χ3n) is 3.16. The topological polar surface area (TPSA) is 15.3 Å². The molecule has 0 aliphatic carbocycles. The predicted octanol–water partition coefficient (Wildman–Crippen LogP) is 2.91. The zero-order chi connectivity index (χ0) is 12.3. The highest BCUT2D eigenvalue weighted by Gasteiger charge is 2.22. The van der Waals surface area contributed by atoms with Gasteiger partial charge in [-0.25, -0.2) is 0 Å². The fourth-order valence-electron chi connectivity index (χ4n) is 2.43. The molecule has 1 aromatic rings. The van der Waals surface area contributed by atoms with Crippen LogP contribution in [-0.4, -0.2) is 30.1 Å². The van der Waals surface area contributed by atoms with Gasteiger partial charge in [-0.15, -0.1) is 0 Å². The number of nitrogens with zero attached hydrogens (tertiary/aromatic N) is 1. The fraction of sp³-hybridized carbons (Fsp3) is 0.571. The number of nitrogens with one attached hydrogen (secondary N) is 1. The van der Waals surface area contributed by atoms with E-state index < -0.39 is 0 Å². The highest BCUT2D eigenvalue weighted by molar-refractivity contribution is 6.30. The van der Waals surface area contributed by atoms with Crippen molar-refractivity contribution in [3.05, 3.63) is 34.9 Å². The molecule has 0 amide bonds. The van der Waals surface area contributed by atoms with Gasteiger partial charge in [0.1, 0.15) is 0 Å². The molecule has 1 aliphatic rings. The zero-order valence-corrected chi connectivity index (χ0v) is 11.4. The summed E-state index contributed by atoms with van der Waals surface area (Å²) in [6.07, 6.45) is 1.26. The van der Waals surface area contributed by atoms with Gasteiger partial charge in [-0.05, 0) is 24.1 Å². The van der Waals surface area contributed by atoms with Crippen LogP contribution in [0.4, 0.5) is 0 Å². The molecule has 0 saturated carbocycles. The molecule has 1 aromatic carbocycles. The van der Waals surface area contributed by atoms with Crippen molar-refractivity contribution in [2.24, 2.45) is 0 Å². The van der Waals surface area contributed by atoms with Gasteiger partial charge < -0.3 is 5.32 Å². The number of halogens is 1. The summed E-state index contributed by atoms with van der Waals surface area (Å²) in [7, 11) is 0. The van der Waals surface area contributed by atoms with Crippen molar-refractivity contribution in [2.75, 3.05) is 13.1 Å². The van der Waals surface area contributed by atoms with Crippen molar-refractivity contribution in [1.82, 2.24) is 10.2 Å². The Kier molecular flexibility index (Phi) is 4.43. The Morgan fingerprint density at radius 1 is 1.35 bits per heavy atom. The lowest BCUT2D eigenvalue weighted by Gasteiger charge is -2.18. The summed E-state index contributed by atoms with van der Waals surface area (Å²) in [6, 6.07) is 9.41. The number of hydrogen-bond donors (Lipinski definition) is 1. The van der Waals surface area contributed by atoms with E-state index in [9.17, 15) is 0 Å². The van der Waals surface area contributed by atoms with E-state index in [1.54, 1.807) is 0 Å². The van der Waals surface area contributed by atoms with Crippen molar-refractivity contribution in [3.63, 3.8) is 0 Å². The Bertz CT molecular complexity index is 348. The molecule has 17 heavy (non-hydrogen) atoms. The van der Waals surface area contributed by atoms with Crippen LogP contribution < -0.4 is 5.32 Å². The molecular formula is C14H21ClN2. The Labute approximate surface area is 109 Å². The smallest absolute Gasteiger partial charge is 0.0406 e. The first-order valence-electron chi connectivity index (χ1n) is 6.36. The Balaban J connectivity index is 1.83. The van der Waals surface area contributed by atoms with Gasteiger partial charge >= 0.3 is 0 Å². The van der Waals surface area contributed by atoms with Gasteiger partial charge in [0.05, 0.1) is 0 Å². The maximum atomic E-state index is 5.89. The molecule has 1 aliphatic heterocycles. The minimum Gasteiger partial charge on any atom is -0.310 e. The minimum atomic E-state index is 0.579. The molecule has 1 fully saturated rings. The molecule has 1 unspecified atom stereocenters. The average Bonchev–Trinajstić information content (AvgIpc) is 2.68. The minimum absolute atomic E-state index is 0.579. The normalized spacial score (nSPS) is 21.3. The first-order valence-corrected chi connectivity index (χ1v) is 6.74. The SMILES string of the molecule is CC(C)NC1CCN(Cc2ccc(Cl)cc2)C1. The molecular weight excluding hydrogens is 232 g/mol. The van der Waals surface area contributed by atoms with Crippen LogP contribution in [0.3, 0.4) is 0 Å². The molecule has 0 aromatic heterocycles. The number of rotatable bonds is 4. The lowest BCUT2D eigenvalue weighted by molar-refractivity contribution is 0.317. The van der Waals surface area contributed by atoms with Crippen LogP contribution in [-0.2, 0) is 6.54 Å². The largest absolute Gasteiger partial charge is 0.310 e. The summed E-state index contributed by atoms with van der Waals surface area (Å²) in [5, 5.41) is 4.42. The summed E-state index contributed by atoms with van der Waals surface area (Å²) in [5.74, 6) is 0. The molecule has 0 spiro atoms. The summed E-state index contributed by atoms with van der Waals surface area (Å²) in [4.78, 5) is 2.50. The van der Waals surface area contributed by atoms with Gasteiger partial charge in [-0.2, -0.15) is 0 Å². The third-order valence-corrected chi connectivity index (χ3v) is 3.41. The summed E-state index contributed by atoms with van der Waals surface area (Å²) in [6.45, 7) is 7.80. The first-order chi connectivity index (χ1) is 8.13. The van der Waals surface area contributed by atoms with Crippen molar-refractivity contribution < 1.29 is 0 Å².